The van der Waals surface area contributed by atoms with E-state index in [1.165, 1.54) is 16.5 Å². The summed E-state index contributed by atoms with van der Waals surface area (Å²) in [6, 6.07) is 27.3. The van der Waals surface area contributed by atoms with Gasteiger partial charge in [0, 0.05) is 53.6 Å². The molecule has 0 unspecified atom stereocenters. The number of imidazole rings is 1. The van der Waals surface area contributed by atoms with Gasteiger partial charge in [0.15, 0.2) is 0 Å². The number of nitrogens with zero attached hydrogens (tertiary/aromatic N) is 4. The van der Waals surface area contributed by atoms with Gasteiger partial charge < -0.3 is 9.55 Å². The third-order valence-corrected chi connectivity index (χ3v) is 6.57. The van der Waals surface area contributed by atoms with Crippen LogP contribution in [0.25, 0.3) is 44.9 Å². The van der Waals surface area contributed by atoms with Gasteiger partial charge in [0.1, 0.15) is 5.82 Å². The van der Waals surface area contributed by atoms with E-state index in [-0.39, 0.29) is 0 Å². The highest BCUT2D eigenvalue weighted by Gasteiger charge is 2.25. The summed E-state index contributed by atoms with van der Waals surface area (Å²) >= 11 is 0. The van der Waals surface area contributed by atoms with E-state index >= 15 is 0 Å². The van der Waals surface area contributed by atoms with Crippen LogP contribution in [0.5, 0.6) is 0 Å². The van der Waals surface area contributed by atoms with Crippen LogP contribution >= 0.6 is 0 Å². The molecular formula is C29H21N5. The van der Waals surface area contributed by atoms with E-state index in [1.54, 1.807) is 0 Å². The lowest BCUT2D eigenvalue weighted by atomic mass is 10.1. The van der Waals surface area contributed by atoms with E-state index in [2.05, 4.69) is 92.4 Å². The van der Waals surface area contributed by atoms with Gasteiger partial charge in [-0.25, -0.2) is 4.98 Å². The maximum atomic E-state index is 5.12. The minimum absolute atomic E-state index is 0.716. The molecule has 0 fully saturated rings. The van der Waals surface area contributed by atoms with Crippen molar-refractivity contribution in [2.24, 2.45) is 0 Å². The number of rotatable bonds is 3. The van der Waals surface area contributed by atoms with Gasteiger partial charge in [-0.3, -0.25) is 9.97 Å². The lowest BCUT2D eigenvalue weighted by molar-refractivity contribution is 0.837. The van der Waals surface area contributed by atoms with Crippen LogP contribution in [0.15, 0.2) is 97.5 Å². The fourth-order valence-corrected chi connectivity index (χ4v) is 5.00. The molecule has 34 heavy (non-hydrogen) atoms. The first-order valence-electron chi connectivity index (χ1n) is 11.5. The van der Waals surface area contributed by atoms with Crippen LogP contribution in [0.1, 0.15) is 16.8 Å². The minimum atomic E-state index is 0.716. The Bertz CT molecular complexity index is 1660. The molecule has 1 aliphatic rings. The van der Waals surface area contributed by atoms with E-state index < -0.39 is 0 Å². The molecule has 0 saturated carbocycles. The summed E-state index contributed by atoms with van der Waals surface area (Å²) < 4.78 is 2.31. The fraction of sp³-hybridized carbons (Fsp3) is 0.0690. The van der Waals surface area contributed by atoms with Crippen molar-refractivity contribution < 1.29 is 0 Å². The van der Waals surface area contributed by atoms with Crippen molar-refractivity contribution in [2.45, 2.75) is 13.0 Å². The molecule has 1 aliphatic carbocycles. The van der Waals surface area contributed by atoms with Crippen molar-refractivity contribution in [3.8, 4) is 34.0 Å². The number of para-hydroxylation sites is 1. The topological polar surface area (TPSA) is 59.4 Å². The number of hydrogen-bond donors (Lipinski definition) is 1. The van der Waals surface area contributed by atoms with Crippen molar-refractivity contribution in [3.63, 3.8) is 0 Å². The summed E-state index contributed by atoms with van der Waals surface area (Å²) in [5.74, 6) is 0.884. The summed E-state index contributed by atoms with van der Waals surface area (Å²) in [6.45, 7) is 0.813. The van der Waals surface area contributed by atoms with Crippen LogP contribution in [0.2, 0.25) is 0 Å². The van der Waals surface area contributed by atoms with Crippen LogP contribution in [-0.2, 0) is 13.0 Å². The molecule has 4 heterocycles. The van der Waals surface area contributed by atoms with Crippen LogP contribution in [-0.4, -0.2) is 24.5 Å². The highest BCUT2D eigenvalue weighted by atomic mass is 15.0. The van der Waals surface area contributed by atoms with Crippen LogP contribution < -0.4 is 0 Å². The molecule has 7 rings (SSSR count). The monoisotopic (exact) mass is 439 g/mol. The van der Waals surface area contributed by atoms with Crippen LogP contribution in [0, 0.1) is 0 Å². The minimum Gasteiger partial charge on any atom is -0.342 e. The normalized spacial score (nSPS) is 12.1. The molecule has 5 nitrogen and oxygen atoms in total. The van der Waals surface area contributed by atoms with E-state index in [0.717, 1.165) is 51.8 Å². The molecule has 4 aromatic heterocycles. The summed E-state index contributed by atoms with van der Waals surface area (Å²) in [7, 11) is 0. The van der Waals surface area contributed by atoms with Gasteiger partial charge in [-0.2, -0.15) is 0 Å². The van der Waals surface area contributed by atoms with E-state index in [1.807, 2.05) is 24.5 Å². The summed E-state index contributed by atoms with van der Waals surface area (Å²) in [5.41, 5.74) is 9.65. The van der Waals surface area contributed by atoms with Crippen LogP contribution in [0.3, 0.4) is 0 Å². The van der Waals surface area contributed by atoms with Gasteiger partial charge in [0.05, 0.1) is 22.8 Å². The summed E-state index contributed by atoms with van der Waals surface area (Å²) in [5, 5.41) is 1.19. The first-order valence-corrected chi connectivity index (χ1v) is 11.5. The smallest absolute Gasteiger partial charge is 0.140 e. The molecule has 0 radical (unpaired) electrons. The van der Waals surface area contributed by atoms with Gasteiger partial charge in [-0.15, -0.1) is 0 Å². The predicted molar refractivity (Wildman–Crippen MR) is 134 cm³/mol. The Morgan fingerprint density at radius 1 is 0.765 bits per heavy atom. The lowest BCUT2D eigenvalue weighted by Gasteiger charge is -2.06. The number of nitrogens with one attached hydrogen (secondary N) is 1. The van der Waals surface area contributed by atoms with Gasteiger partial charge in [0.2, 0.25) is 0 Å². The molecule has 1 N–H and O–H groups in total. The fourth-order valence-electron chi connectivity index (χ4n) is 5.00. The highest BCUT2D eigenvalue weighted by Crippen LogP contribution is 2.39. The van der Waals surface area contributed by atoms with E-state index in [0.29, 0.717) is 6.42 Å². The summed E-state index contributed by atoms with van der Waals surface area (Å²) in [6.07, 6.45) is 6.59. The molecule has 0 bridgehead atoms. The second-order valence-corrected chi connectivity index (χ2v) is 8.67. The SMILES string of the molecule is c1ccc(Cn2cc(-c3nc4c([nH]3)-c3cccnc3-c3ncccc3C4)c3ccccc32)cc1. The van der Waals surface area contributed by atoms with Gasteiger partial charge in [-0.05, 0) is 35.4 Å². The maximum absolute atomic E-state index is 5.12. The average molecular weight is 440 g/mol. The predicted octanol–water partition coefficient (Wildman–Crippen LogP) is 6.11. The van der Waals surface area contributed by atoms with Gasteiger partial charge in [-0.1, -0.05) is 54.6 Å². The van der Waals surface area contributed by atoms with Crippen molar-refractivity contribution in [1.82, 2.24) is 24.5 Å². The van der Waals surface area contributed by atoms with E-state index in [9.17, 15) is 0 Å². The van der Waals surface area contributed by atoms with Crippen LogP contribution in [0.4, 0.5) is 0 Å². The van der Waals surface area contributed by atoms with Crippen molar-refractivity contribution in [3.05, 3.63) is 114 Å². The summed E-state index contributed by atoms with van der Waals surface area (Å²) in [4.78, 5) is 18.1. The highest BCUT2D eigenvalue weighted by molar-refractivity contribution is 5.95. The first kappa shape index (κ1) is 19.0. The molecule has 6 aromatic rings. The zero-order valence-electron chi connectivity index (χ0n) is 18.4. The number of hydrogen-bond acceptors (Lipinski definition) is 3. The quantitative estimate of drug-likeness (QED) is 0.361. The number of fused-ring (bicyclic) bond motifs is 6. The number of H-pyrrole nitrogens is 1. The Hall–Kier alpha value is -4.51. The number of benzene rings is 2. The zero-order chi connectivity index (χ0) is 22.5. The average Bonchev–Trinajstić information content (AvgIpc) is 3.43. The Morgan fingerprint density at radius 3 is 2.47 bits per heavy atom. The second kappa shape index (κ2) is 7.52. The zero-order valence-corrected chi connectivity index (χ0v) is 18.4. The van der Waals surface area contributed by atoms with Crippen molar-refractivity contribution in [1.29, 1.82) is 0 Å². The van der Waals surface area contributed by atoms with Gasteiger partial charge >= 0.3 is 0 Å². The Kier molecular flexibility index (Phi) is 4.21. The van der Waals surface area contributed by atoms with E-state index in [4.69, 9.17) is 4.98 Å². The third-order valence-electron chi connectivity index (χ3n) is 6.57. The molecule has 0 spiro atoms. The molecule has 162 valence electrons. The second-order valence-electron chi connectivity index (χ2n) is 8.67. The van der Waals surface area contributed by atoms with Gasteiger partial charge in [0.25, 0.3) is 0 Å². The number of pyridine rings is 2. The molecule has 0 amide bonds. The first-order chi connectivity index (χ1) is 16.8. The maximum Gasteiger partial charge on any atom is 0.140 e. The van der Waals surface area contributed by atoms with Crippen molar-refractivity contribution in [2.75, 3.05) is 0 Å². The Balaban J connectivity index is 1.40. The molecule has 5 heteroatoms. The molecule has 2 aromatic carbocycles. The van der Waals surface area contributed by atoms with Crippen molar-refractivity contribution >= 4 is 10.9 Å². The number of aromatic amines is 1. The largest absolute Gasteiger partial charge is 0.342 e. The lowest BCUT2D eigenvalue weighted by Crippen LogP contribution is -1.97. The standard InChI is InChI=1S/C29H21N5/c1-2-8-19(9-3-1)17-34-18-23(21-11-4-5-13-25(21)34)29-32-24-16-20-10-6-14-30-26(20)28-22(27(24)33-29)12-7-15-31-28/h1-15,18H,16-17H2,(H,32,33). The molecule has 0 saturated heterocycles. The Labute approximate surface area is 196 Å². The number of aromatic nitrogens is 5. The Morgan fingerprint density at radius 2 is 1.56 bits per heavy atom. The molecule has 0 atom stereocenters. The molecular weight excluding hydrogens is 418 g/mol. The molecule has 0 aliphatic heterocycles. The third kappa shape index (κ3) is 2.98.